The van der Waals surface area contributed by atoms with Crippen LogP contribution in [-0.4, -0.2) is 172 Å². The molecule has 8 heterocycles. The largest absolute Gasteiger partial charge is 0.390 e. The van der Waals surface area contributed by atoms with Crippen molar-refractivity contribution >= 4 is 53.4 Å². The van der Waals surface area contributed by atoms with E-state index < -0.39 is 23.5 Å². The normalized spacial score (nSPS) is 25.3. The first-order valence-corrected chi connectivity index (χ1v) is 30.7. The van der Waals surface area contributed by atoms with E-state index in [9.17, 15) is 44.7 Å². The monoisotopic (exact) mass is 1190 g/mol. The molecule has 6 saturated carbocycles. The number of piperazine rings is 2. The molecule has 10 aliphatic rings. The first-order chi connectivity index (χ1) is 41.8. The van der Waals surface area contributed by atoms with Crippen molar-refractivity contribution in [3.05, 3.63) is 92.6 Å². The zero-order valence-corrected chi connectivity index (χ0v) is 50.5. The molecule has 2 saturated heterocycles. The van der Waals surface area contributed by atoms with Gasteiger partial charge < -0.3 is 29.5 Å². The maximum Gasteiger partial charge on any atom is 0.328 e. The van der Waals surface area contributed by atoms with Crippen molar-refractivity contribution in [3.8, 4) is 12.1 Å². The minimum atomic E-state index is -0.766. The van der Waals surface area contributed by atoms with Gasteiger partial charge in [-0.2, -0.15) is 10.5 Å². The van der Waals surface area contributed by atoms with Crippen molar-refractivity contribution < 1.29 is 43.7 Å². The van der Waals surface area contributed by atoms with Crippen LogP contribution >= 0.6 is 0 Å². The van der Waals surface area contributed by atoms with Crippen molar-refractivity contribution in [2.24, 2.45) is 10.8 Å². The highest BCUT2D eigenvalue weighted by atomic mass is 16.7. The third-order valence-electron chi connectivity index (χ3n) is 20.1. The Labute approximate surface area is 508 Å². The number of ether oxygens (including phenoxy) is 2. The van der Waals surface area contributed by atoms with Crippen LogP contribution in [0.2, 0.25) is 0 Å². The Morgan fingerprint density at radius 1 is 0.621 bits per heavy atom. The SMILES string of the molecule is CN1CCN(Cc2cc3c(nc2C=O)N(C(=O)Nc2cc(CC45CCC(O)(CC4)CC5)c(C#N)cn2)CCC3)C(=O)C1.COC(OC)c1nc2c(cc1CN1CCN(C)CC1=O)CCCN2C(=O)Nc1cc(CC23CCC(O)(CC2)CC3)c(C#N)cn1. The van der Waals surface area contributed by atoms with E-state index in [0.717, 1.165) is 144 Å². The number of nitriles is 2. The summed E-state index contributed by atoms with van der Waals surface area (Å²) in [7, 11) is 6.93. The number of pyridine rings is 4. The molecule has 14 rings (SSSR count). The smallest absolute Gasteiger partial charge is 0.328 e. The molecule has 6 amide bonds. The van der Waals surface area contributed by atoms with E-state index in [4.69, 9.17) is 14.5 Å². The van der Waals surface area contributed by atoms with Crippen molar-refractivity contribution in [3.63, 3.8) is 0 Å². The van der Waals surface area contributed by atoms with E-state index >= 15 is 0 Å². The molecule has 6 aliphatic carbocycles. The third-order valence-corrected chi connectivity index (χ3v) is 20.1. The Morgan fingerprint density at radius 3 is 1.46 bits per heavy atom. The maximum absolute atomic E-state index is 13.8. The molecule has 0 radical (unpaired) electrons. The minimum absolute atomic E-state index is 0.0155. The average molecular weight is 1190 g/mol. The number of aryl methyl sites for hydroxylation is 2. The van der Waals surface area contributed by atoms with E-state index in [-0.39, 0.29) is 34.4 Å². The Balaban J connectivity index is 0.000000181. The zero-order chi connectivity index (χ0) is 61.3. The fourth-order valence-corrected chi connectivity index (χ4v) is 14.6. The van der Waals surface area contributed by atoms with Gasteiger partial charge in [-0.25, -0.2) is 29.5 Å². The second-order valence-electron chi connectivity index (χ2n) is 25.9. The molecular weight excluding hydrogens is 1110 g/mol. The number of aliphatic hydroxyl groups is 2. The van der Waals surface area contributed by atoms with Gasteiger partial charge in [0.25, 0.3) is 0 Å². The van der Waals surface area contributed by atoms with Crippen LogP contribution in [0.1, 0.15) is 157 Å². The lowest BCUT2D eigenvalue weighted by molar-refractivity contribution is -0.136. The summed E-state index contributed by atoms with van der Waals surface area (Å²) in [5, 5.41) is 46.7. The molecule has 0 atom stereocenters. The molecule has 4 aromatic rings. The molecule has 23 nitrogen and oxygen atoms in total. The van der Waals surface area contributed by atoms with Crippen LogP contribution in [0.3, 0.4) is 0 Å². The van der Waals surface area contributed by atoms with Gasteiger partial charge in [-0.15, -0.1) is 0 Å². The summed E-state index contributed by atoms with van der Waals surface area (Å²) in [4.78, 5) is 93.6. The van der Waals surface area contributed by atoms with E-state index in [2.05, 4.69) is 37.7 Å². The summed E-state index contributed by atoms with van der Waals surface area (Å²) in [5.41, 5.74) is 5.90. The number of urea groups is 2. The molecule has 4 aromatic heterocycles. The molecule has 0 unspecified atom stereocenters. The van der Waals surface area contributed by atoms with Gasteiger partial charge in [-0.3, -0.25) is 44.6 Å². The van der Waals surface area contributed by atoms with Crippen molar-refractivity contribution in [2.75, 3.05) is 101 Å². The predicted molar refractivity (Wildman–Crippen MR) is 321 cm³/mol. The van der Waals surface area contributed by atoms with Gasteiger partial charge in [0.15, 0.2) is 6.29 Å². The maximum atomic E-state index is 13.8. The summed E-state index contributed by atoms with van der Waals surface area (Å²) in [6, 6.07) is 11.3. The Morgan fingerprint density at radius 2 is 1.05 bits per heavy atom. The number of nitrogens with one attached hydrogen (secondary N) is 2. The van der Waals surface area contributed by atoms with Gasteiger partial charge in [0.2, 0.25) is 18.1 Å². The van der Waals surface area contributed by atoms with E-state index in [1.54, 1.807) is 30.1 Å². The summed E-state index contributed by atoms with van der Waals surface area (Å²) in [6.07, 6.45) is 17.7. The molecular formula is C64H80N14O9. The number of nitrogens with zero attached hydrogens (tertiary/aromatic N) is 12. The topological polar surface area (TPSA) is 287 Å². The Kier molecular flexibility index (Phi) is 17.8. The number of amides is 6. The molecule has 8 fully saturated rings. The van der Waals surface area contributed by atoms with Crippen LogP contribution in [0, 0.1) is 33.5 Å². The number of fused-ring (bicyclic) bond motifs is 8. The lowest BCUT2D eigenvalue weighted by atomic mass is 9.57. The van der Waals surface area contributed by atoms with Crippen LogP contribution < -0.4 is 20.4 Å². The third kappa shape index (κ3) is 13.2. The number of carbonyl (C=O) groups excluding carboxylic acids is 5. The first kappa shape index (κ1) is 61.1. The number of carbonyl (C=O) groups is 5. The predicted octanol–water partition coefficient (Wildman–Crippen LogP) is 6.57. The summed E-state index contributed by atoms with van der Waals surface area (Å²) in [6.45, 7) is 5.09. The Bertz CT molecular complexity index is 3360. The number of rotatable bonds is 14. The standard InChI is InChI=1S/C33H43N7O5.C31H37N7O4/c1-38-13-14-39(27(41)21-38)20-24-15-22-5-4-12-40(29(22)37-28(24)30(44-2)45-3)31(42)36-26-16-23(25(18-34)19-35-26)17-32-6-9-33(43,10-7-32)11-8-32;1-36-11-12-37(27(40)19-36)18-23-13-21-3-2-10-38(28(21)34-25(23)20-39)29(41)35-26-14-22(24(16-32)17-33-26)15-30-4-7-31(42,8-5-30)9-6-30/h15-16,19,30,43H,4-14,17,20-21H2,1-3H3,(H,35,36,42);13-14,17,20,42H,2-12,15,18-19H2,1H3,(H,33,35,41). The van der Waals surface area contributed by atoms with Crippen LogP contribution in [0.5, 0.6) is 0 Å². The number of methoxy groups -OCH3 is 2. The second kappa shape index (κ2) is 25.3. The van der Waals surface area contributed by atoms with E-state index in [1.807, 2.05) is 47.0 Å². The number of hydrogen-bond acceptors (Lipinski definition) is 17. The number of aromatic nitrogens is 4. The molecule has 4 N–H and O–H groups in total. The Hall–Kier alpha value is -7.51. The molecule has 4 aliphatic heterocycles. The first-order valence-electron chi connectivity index (χ1n) is 30.7. The van der Waals surface area contributed by atoms with E-state index in [0.29, 0.717) is 117 Å². The van der Waals surface area contributed by atoms with Crippen molar-refractivity contribution in [1.82, 2.24) is 39.5 Å². The molecule has 4 bridgehead atoms. The highest BCUT2D eigenvalue weighted by Gasteiger charge is 2.49. The molecule has 87 heavy (non-hydrogen) atoms. The number of likely N-dealkylation sites (N-methyl/N-ethyl adjacent to an activating group) is 2. The van der Waals surface area contributed by atoms with Gasteiger partial charge in [0.1, 0.15) is 46.8 Å². The highest BCUT2D eigenvalue weighted by Crippen LogP contribution is 2.55. The lowest BCUT2D eigenvalue weighted by Crippen LogP contribution is -2.48. The molecule has 460 valence electrons. The summed E-state index contributed by atoms with van der Waals surface area (Å²) >= 11 is 0. The summed E-state index contributed by atoms with van der Waals surface area (Å²) in [5.74, 6) is 1.80. The lowest BCUT2D eigenvalue weighted by Gasteiger charge is -2.51. The van der Waals surface area contributed by atoms with Gasteiger partial charge >= 0.3 is 12.1 Å². The van der Waals surface area contributed by atoms with E-state index in [1.165, 1.54) is 17.3 Å². The fourth-order valence-electron chi connectivity index (χ4n) is 14.6. The highest BCUT2D eigenvalue weighted by molar-refractivity contribution is 6.02. The van der Waals surface area contributed by atoms with Gasteiger partial charge in [0, 0.05) is 84.5 Å². The zero-order valence-electron chi connectivity index (χ0n) is 50.5. The van der Waals surface area contributed by atoms with Gasteiger partial charge in [0.05, 0.1) is 35.4 Å². The number of hydrogen-bond donors (Lipinski definition) is 4. The molecule has 0 aromatic carbocycles. The van der Waals surface area contributed by atoms with Crippen molar-refractivity contribution in [1.29, 1.82) is 10.5 Å². The minimum Gasteiger partial charge on any atom is -0.390 e. The van der Waals surface area contributed by atoms with Crippen LogP contribution in [0.25, 0.3) is 0 Å². The van der Waals surface area contributed by atoms with Crippen LogP contribution in [0.4, 0.5) is 32.9 Å². The summed E-state index contributed by atoms with van der Waals surface area (Å²) < 4.78 is 11.2. The molecule has 23 heteroatoms. The number of anilines is 4. The number of aldehydes is 1. The van der Waals surface area contributed by atoms with Gasteiger partial charge in [-0.1, -0.05) is 0 Å². The van der Waals surface area contributed by atoms with Crippen LogP contribution in [-0.2, 0) is 57.8 Å². The van der Waals surface area contributed by atoms with Gasteiger partial charge in [-0.05, 0) is 193 Å². The van der Waals surface area contributed by atoms with Crippen LogP contribution in [0.15, 0.2) is 36.7 Å². The molecule has 0 spiro atoms. The fraction of sp³-hybridized carbons (Fsp3) is 0.578. The second-order valence-corrected chi connectivity index (χ2v) is 25.9. The average Bonchev–Trinajstić information content (AvgIpc) is 1.16. The van der Waals surface area contributed by atoms with Crippen molar-refractivity contribution in [2.45, 2.75) is 146 Å². The quantitative estimate of drug-likeness (QED) is 0.0766.